The van der Waals surface area contributed by atoms with E-state index in [1.807, 2.05) is 31.2 Å². The second kappa shape index (κ2) is 8.58. The van der Waals surface area contributed by atoms with E-state index in [0.717, 1.165) is 17.6 Å². The first kappa shape index (κ1) is 18.8. The lowest BCUT2D eigenvalue weighted by atomic mass is 10.0. The number of morpholine rings is 1. The van der Waals surface area contributed by atoms with Crippen molar-refractivity contribution >= 4 is 33.3 Å². The van der Waals surface area contributed by atoms with Gasteiger partial charge in [-0.05, 0) is 25.1 Å². The molecule has 5 nitrogen and oxygen atoms in total. The van der Waals surface area contributed by atoms with E-state index in [1.54, 1.807) is 24.3 Å². The summed E-state index contributed by atoms with van der Waals surface area (Å²) in [5.41, 5.74) is 1.57. The minimum atomic E-state index is -0.290. The number of rotatable bonds is 5. The Morgan fingerprint density at radius 3 is 2.50 bits per heavy atom. The Hall–Kier alpha value is -2.02. The third-order valence-corrected chi connectivity index (χ3v) is 4.99. The fourth-order valence-electron chi connectivity index (χ4n) is 2.93. The first-order valence-corrected chi connectivity index (χ1v) is 9.37. The van der Waals surface area contributed by atoms with Gasteiger partial charge < -0.3 is 10.1 Å². The van der Waals surface area contributed by atoms with Gasteiger partial charge in [0.25, 0.3) is 0 Å². The lowest BCUT2D eigenvalue weighted by Gasteiger charge is -2.31. The topological polar surface area (TPSA) is 58.6 Å². The number of nitrogens with one attached hydrogen (secondary N) is 1. The van der Waals surface area contributed by atoms with Crippen LogP contribution in [0, 0.1) is 0 Å². The zero-order valence-electron chi connectivity index (χ0n) is 14.6. The number of benzene rings is 2. The molecule has 1 N–H and O–H groups in total. The molecule has 1 atom stereocenters. The van der Waals surface area contributed by atoms with Crippen LogP contribution in [-0.4, -0.2) is 48.9 Å². The quantitative estimate of drug-likeness (QED) is 0.759. The summed E-state index contributed by atoms with van der Waals surface area (Å²) in [7, 11) is 0. The number of hydrogen-bond acceptors (Lipinski definition) is 4. The lowest BCUT2D eigenvalue weighted by molar-refractivity contribution is -0.122. The Labute approximate surface area is 161 Å². The van der Waals surface area contributed by atoms with Crippen LogP contribution in [0.4, 0.5) is 5.69 Å². The highest BCUT2D eigenvalue weighted by atomic mass is 79.9. The van der Waals surface area contributed by atoms with Crippen molar-refractivity contribution in [2.45, 2.75) is 13.0 Å². The summed E-state index contributed by atoms with van der Waals surface area (Å²) >= 11 is 3.41. The molecule has 1 fully saturated rings. The molecule has 0 saturated carbocycles. The molecule has 0 spiro atoms. The van der Waals surface area contributed by atoms with Crippen LogP contribution in [0.3, 0.4) is 0 Å². The van der Waals surface area contributed by atoms with E-state index >= 15 is 0 Å². The van der Waals surface area contributed by atoms with Crippen molar-refractivity contribution in [2.24, 2.45) is 0 Å². The highest BCUT2D eigenvalue weighted by molar-refractivity contribution is 9.10. The van der Waals surface area contributed by atoms with Gasteiger partial charge in [0.1, 0.15) is 0 Å². The highest BCUT2D eigenvalue weighted by Gasteiger charge is 2.24. The minimum absolute atomic E-state index is 0.124. The highest BCUT2D eigenvalue weighted by Crippen LogP contribution is 2.24. The summed E-state index contributed by atoms with van der Waals surface area (Å²) in [6, 6.07) is 14.1. The van der Waals surface area contributed by atoms with E-state index in [0.29, 0.717) is 30.0 Å². The largest absolute Gasteiger partial charge is 0.379 e. The summed E-state index contributed by atoms with van der Waals surface area (Å²) < 4.78 is 6.13. The van der Waals surface area contributed by atoms with Gasteiger partial charge in [-0.1, -0.05) is 46.3 Å². The molecule has 2 aromatic carbocycles. The van der Waals surface area contributed by atoms with Crippen LogP contribution >= 0.6 is 15.9 Å². The van der Waals surface area contributed by atoms with Crippen molar-refractivity contribution in [3.05, 3.63) is 64.1 Å². The standard InChI is InChI=1S/C20H21BrN2O3/c1-14(23-9-11-26-12-10-23)20(25)22-18-8-7-16(21)13-17(18)19(24)15-5-3-2-4-6-15/h2-8,13-14H,9-12H2,1H3,(H,22,25)/t14-/m0/s1. The molecule has 1 aliphatic rings. The lowest BCUT2D eigenvalue weighted by Crippen LogP contribution is -2.47. The molecule has 0 aromatic heterocycles. The molecule has 0 aliphatic carbocycles. The van der Waals surface area contributed by atoms with Crippen LogP contribution in [0.25, 0.3) is 0 Å². The zero-order chi connectivity index (χ0) is 18.5. The Balaban J connectivity index is 1.81. The molecule has 6 heteroatoms. The Bertz CT molecular complexity index is 789. The molecule has 0 unspecified atom stereocenters. The fourth-order valence-corrected chi connectivity index (χ4v) is 3.29. The van der Waals surface area contributed by atoms with Crippen LogP contribution in [0.5, 0.6) is 0 Å². The number of ether oxygens (including phenoxy) is 1. The Morgan fingerprint density at radius 2 is 1.81 bits per heavy atom. The predicted octanol–water partition coefficient (Wildman–Crippen LogP) is 3.34. The van der Waals surface area contributed by atoms with E-state index < -0.39 is 0 Å². The van der Waals surface area contributed by atoms with Crippen LogP contribution < -0.4 is 5.32 Å². The van der Waals surface area contributed by atoms with Crippen molar-refractivity contribution < 1.29 is 14.3 Å². The molecule has 136 valence electrons. The maximum absolute atomic E-state index is 12.9. The second-order valence-corrected chi connectivity index (χ2v) is 7.11. The van der Waals surface area contributed by atoms with Gasteiger partial charge >= 0.3 is 0 Å². The summed E-state index contributed by atoms with van der Waals surface area (Å²) in [6.45, 7) is 4.59. The average Bonchev–Trinajstić information content (AvgIpc) is 2.69. The first-order chi connectivity index (χ1) is 12.6. The van der Waals surface area contributed by atoms with Gasteiger partial charge in [-0.15, -0.1) is 0 Å². The van der Waals surface area contributed by atoms with Gasteiger partial charge in [0, 0.05) is 28.7 Å². The number of nitrogens with zero attached hydrogens (tertiary/aromatic N) is 1. The van der Waals surface area contributed by atoms with Gasteiger partial charge in [-0.2, -0.15) is 0 Å². The summed E-state index contributed by atoms with van der Waals surface area (Å²) in [6.07, 6.45) is 0. The number of carbonyl (C=O) groups is 2. The number of halogens is 1. The monoisotopic (exact) mass is 416 g/mol. The van der Waals surface area contributed by atoms with E-state index in [9.17, 15) is 9.59 Å². The molecule has 0 radical (unpaired) electrons. The van der Waals surface area contributed by atoms with Crippen molar-refractivity contribution in [2.75, 3.05) is 31.6 Å². The molecule has 0 bridgehead atoms. The van der Waals surface area contributed by atoms with Crippen LogP contribution in [-0.2, 0) is 9.53 Å². The van der Waals surface area contributed by atoms with E-state index in [1.165, 1.54) is 0 Å². The van der Waals surface area contributed by atoms with Gasteiger partial charge in [0.05, 0.1) is 24.9 Å². The van der Waals surface area contributed by atoms with Crippen molar-refractivity contribution in [1.82, 2.24) is 4.90 Å². The molecular weight excluding hydrogens is 396 g/mol. The molecular formula is C20H21BrN2O3. The van der Waals surface area contributed by atoms with Gasteiger partial charge in [0.15, 0.2) is 5.78 Å². The Kier molecular flexibility index (Phi) is 6.19. The zero-order valence-corrected chi connectivity index (χ0v) is 16.2. The second-order valence-electron chi connectivity index (χ2n) is 6.20. The average molecular weight is 417 g/mol. The van der Waals surface area contributed by atoms with Crippen molar-refractivity contribution in [3.8, 4) is 0 Å². The van der Waals surface area contributed by atoms with Gasteiger partial charge in [-0.25, -0.2) is 0 Å². The molecule has 1 saturated heterocycles. The van der Waals surface area contributed by atoms with E-state index in [-0.39, 0.29) is 17.7 Å². The Morgan fingerprint density at radius 1 is 1.12 bits per heavy atom. The summed E-state index contributed by atoms with van der Waals surface area (Å²) in [5.74, 6) is -0.252. The number of amides is 1. The third-order valence-electron chi connectivity index (χ3n) is 4.49. The first-order valence-electron chi connectivity index (χ1n) is 8.58. The summed E-state index contributed by atoms with van der Waals surface area (Å²) in [5, 5.41) is 2.92. The predicted molar refractivity (Wildman–Crippen MR) is 105 cm³/mol. The third kappa shape index (κ3) is 4.38. The van der Waals surface area contributed by atoms with Crippen LogP contribution in [0.1, 0.15) is 22.8 Å². The molecule has 1 heterocycles. The molecule has 26 heavy (non-hydrogen) atoms. The van der Waals surface area contributed by atoms with Crippen LogP contribution in [0.2, 0.25) is 0 Å². The fraction of sp³-hybridized carbons (Fsp3) is 0.300. The molecule has 2 aromatic rings. The van der Waals surface area contributed by atoms with Crippen molar-refractivity contribution in [1.29, 1.82) is 0 Å². The molecule has 1 aliphatic heterocycles. The van der Waals surface area contributed by atoms with Gasteiger partial charge in [0.2, 0.25) is 5.91 Å². The number of anilines is 1. The molecule has 3 rings (SSSR count). The number of carbonyl (C=O) groups excluding carboxylic acids is 2. The normalized spacial score (nSPS) is 16.1. The maximum atomic E-state index is 12.9. The number of hydrogen-bond donors (Lipinski definition) is 1. The molecule has 1 amide bonds. The van der Waals surface area contributed by atoms with Gasteiger partial charge in [-0.3, -0.25) is 14.5 Å². The smallest absolute Gasteiger partial charge is 0.241 e. The van der Waals surface area contributed by atoms with Crippen LogP contribution in [0.15, 0.2) is 53.0 Å². The van der Waals surface area contributed by atoms with E-state index in [2.05, 4.69) is 26.1 Å². The SMILES string of the molecule is C[C@@H](C(=O)Nc1ccc(Br)cc1C(=O)c1ccccc1)N1CCOCC1. The maximum Gasteiger partial charge on any atom is 0.241 e. The van der Waals surface area contributed by atoms with E-state index in [4.69, 9.17) is 4.74 Å². The minimum Gasteiger partial charge on any atom is -0.379 e. The summed E-state index contributed by atoms with van der Waals surface area (Å²) in [4.78, 5) is 27.6. The van der Waals surface area contributed by atoms with Crippen molar-refractivity contribution in [3.63, 3.8) is 0 Å². The number of ketones is 1.